The molecule has 0 saturated heterocycles. The van der Waals surface area contributed by atoms with Crippen LogP contribution in [0.25, 0.3) is 0 Å². The van der Waals surface area contributed by atoms with E-state index in [9.17, 15) is 4.79 Å². The third-order valence-electron chi connectivity index (χ3n) is 3.72. The van der Waals surface area contributed by atoms with E-state index in [-0.39, 0.29) is 23.3 Å². The van der Waals surface area contributed by atoms with Crippen LogP contribution in [0, 0.1) is 0 Å². The van der Waals surface area contributed by atoms with E-state index >= 15 is 0 Å². The molecule has 0 bridgehead atoms. The highest BCUT2D eigenvalue weighted by Gasteiger charge is 2.12. The van der Waals surface area contributed by atoms with Crippen LogP contribution in [0.1, 0.15) is 22.8 Å². The van der Waals surface area contributed by atoms with Crippen molar-refractivity contribution in [2.24, 2.45) is 0 Å². The Morgan fingerprint density at radius 1 is 1.08 bits per heavy atom. The van der Waals surface area contributed by atoms with Crippen molar-refractivity contribution in [2.75, 3.05) is 11.2 Å². The summed E-state index contributed by atoms with van der Waals surface area (Å²) in [4.78, 5) is 20.2. The molecule has 132 valence electrons. The van der Waals surface area contributed by atoms with E-state index in [2.05, 4.69) is 27.7 Å². The number of nitrogens with one attached hydrogen (secondary N) is 2. The number of ether oxygens (including phenoxy) is 1. The number of hydrogen-bond donors (Lipinski definition) is 3. The standard InChI is InChI=1S/C19H19N5O2/c1-2-13-8-10-15(11-9-13)26-19-16(20)17(21-12-22-19)23-24-18(25)14-6-4-3-5-7-14/h3-12H,2,20H2,1H3,(H,24,25)(H,21,22,23). The number of carbonyl (C=O) groups is 1. The molecule has 0 atom stereocenters. The monoisotopic (exact) mass is 349 g/mol. The van der Waals surface area contributed by atoms with Crippen LogP contribution in [0.5, 0.6) is 11.6 Å². The molecule has 7 nitrogen and oxygen atoms in total. The van der Waals surface area contributed by atoms with Gasteiger partial charge in [-0.25, -0.2) is 4.98 Å². The third-order valence-corrected chi connectivity index (χ3v) is 3.72. The van der Waals surface area contributed by atoms with Gasteiger partial charge >= 0.3 is 0 Å². The van der Waals surface area contributed by atoms with Crippen LogP contribution in [-0.4, -0.2) is 15.9 Å². The van der Waals surface area contributed by atoms with E-state index in [1.807, 2.05) is 30.3 Å². The predicted octanol–water partition coefficient (Wildman–Crippen LogP) is 3.17. The van der Waals surface area contributed by atoms with Gasteiger partial charge in [-0.3, -0.25) is 15.6 Å². The van der Waals surface area contributed by atoms with Crippen molar-refractivity contribution in [3.8, 4) is 11.6 Å². The van der Waals surface area contributed by atoms with Crippen molar-refractivity contribution in [3.63, 3.8) is 0 Å². The molecule has 3 aromatic rings. The van der Waals surface area contributed by atoms with Crippen molar-refractivity contribution in [1.29, 1.82) is 0 Å². The highest BCUT2D eigenvalue weighted by molar-refractivity contribution is 5.95. The van der Waals surface area contributed by atoms with E-state index < -0.39 is 0 Å². The molecule has 0 aliphatic rings. The van der Waals surface area contributed by atoms with E-state index in [0.29, 0.717) is 11.3 Å². The Bertz CT molecular complexity index is 882. The molecule has 26 heavy (non-hydrogen) atoms. The number of hydrazine groups is 1. The molecule has 0 aliphatic heterocycles. The van der Waals surface area contributed by atoms with Gasteiger partial charge in [0, 0.05) is 5.56 Å². The average Bonchev–Trinajstić information content (AvgIpc) is 2.69. The summed E-state index contributed by atoms with van der Waals surface area (Å²) < 4.78 is 5.71. The topological polar surface area (TPSA) is 102 Å². The van der Waals surface area contributed by atoms with Gasteiger partial charge in [-0.1, -0.05) is 37.3 Å². The van der Waals surface area contributed by atoms with Crippen LogP contribution in [0.15, 0.2) is 60.9 Å². The van der Waals surface area contributed by atoms with E-state index in [4.69, 9.17) is 10.5 Å². The molecule has 0 spiro atoms. The smallest absolute Gasteiger partial charge is 0.269 e. The molecule has 0 radical (unpaired) electrons. The number of anilines is 2. The molecule has 0 fully saturated rings. The van der Waals surface area contributed by atoms with E-state index in [1.54, 1.807) is 24.3 Å². The lowest BCUT2D eigenvalue weighted by Gasteiger charge is -2.12. The van der Waals surface area contributed by atoms with Crippen LogP contribution in [0.2, 0.25) is 0 Å². The molecule has 4 N–H and O–H groups in total. The average molecular weight is 349 g/mol. The van der Waals surface area contributed by atoms with E-state index in [0.717, 1.165) is 6.42 Å². The molecule has 7 heteroatoms. The van der Waals surface area contributed by atoms with Crippen LogP contribution in [0.3, 0.4) is 0 Å². The number of rotatable bonds is 6. The Balaban J connectivity index is 1.69. The first-order chi connectivity index (χ1) is 12.7. The zero-order valence-corrected chi connectivity index (χ0v) is 14.3. The number of aromatic nitrogens is 2. The SMILES string of the molecule is CCc1ccc(Oc2ncnc(NNC(=O)c3ccccc3)c2N)cc1. The Labute approximate surface area is 151 Å². The van der Waals surface area contributed by atoms with E-state index in [1.165, 1.54) is 11.9 Å². The fourth-order valence-electron chi connectivity index (χ4n) is 2.24. The molecule has 1 heterocycles. The fourth-order valence-corrected chi connectivity index (χ4v) is 2.24. The molecule has 1 amide bonds. The summed E-state index contributed by atoms with van der Waals surface area (Å²) in [5.41, 5.74) is 13.2. The molecule has 3 rings (SSSR count). The van der Waals surface area contributed by atoms with Crippen molar-refractivity contribution >= 4 is 17.4 Å². The number of benzene rings is 2. The highest BCUT2D eigenvalue weighted by atomic mass is 16.5. The first-order valence-corrected chi connectivity index (χ1v) is 8.16. The largest absolute Gasteiger partial charge is 0.437 e. The van der Waals surface area contributed by atoms with Crippen LogP contribution in [-0.2, 0) is 6.42 Å². The lowest BCUT2D eigenvalue weighted by Crippen LogP contribution is -2.30. The predicted molar refractivity (Wildman–Crippen MR) is 99.9 cm³/mol. The Morgan fingerprint density at radius 2 is 1.81 bits per heavy atom. The zero-order valence-electron chi connectivity index (χ0n) is 14.3. The fraction of sp³-hybridized carbons (Fsp3) is 0.105. The third kappa shape index (κ3) is 4.07. The van der Waals surface area contributed by atoms with Crippen LogP contribution in [0.4, 0.5) is 11.5 Å². The van der Waals surface area contributed by atoms with Crippen LogP contribution < -0.4 is 21.3 Å². The van der Waals surface area contributed by atoms with Gasteiger partial charge in [0.1, 0.15) is 17.8 Å². The Hall–Kier alpha value is -3.61. The molecule has 2 aromatic carbocycles. The number of aryl methyl sites for hydroxylation is 1. The minimum Gasteiger partial charge on any atom is -0.437 e. The van der Waals surface area contributed by atoms with Gasteiger partial charge in [-0.05, 0) is 36.2 Å². The quantitative estimate of drug-likeness (QED) is 0.591. The van der Waals surface area contributed by atoms with Crippen molar-refractivity contribution < 1.29 is 9.53 Å². The second-order valence-corrected chi connectivity index (χ2v) is 5.49. The highest BCUT2D eigenvalue weighted by Crippen LogP contribution is 2.29. The molecule has 1 aromatic heterocycles. The maximum Gasteiger partial charge on any atom is 0.269 e. The zero-order chi connectivity index (χ0) is 18.4. The van der Waals surface area contributed by atoms with Gasteiger partial charge in [-0.2, -0.15) is 4.98 Å². The number of hydrogen-bond acceptors (Lipinski definition) is 6. The summed E-state index contributed by atoms with van der Waals surface area (Å²) in [5.74, 6) is 0.776. The second-order valence-electron chi connectivity index (χ2n) is 5.49. The van der Waals surface area contributed by atoms with Gasteiger partial charge in [0.05, 0.1) is 0 Å². The molecular weight excluding hydrogens is 330 g/mol. The van der Waals surface area contributed by atoms with Crippen molar-refractivity contribution in [3.05, 3.63) is 72.1 Å². The summed E-state index contributed by atoms with van der Waals surface area (Å²) in [7, 11) is 0. The molecule has 0 unspecified atom stereocenters. The summed E-state index contributed by atoms with van der Waals surface area (Å²) in [6.07, 6.45) is 2.26. The Morgan fingerprint density at radius 3 is 2.50 bits per heavy atom. The van der Waals surface area contributed by atoms with Crippen molar-refractivity contribution in [2.45, 2.75) is 13.3 Å². The lowest BCUT2D eigenvalue weighted by molar-refractivity contribution is 0.0962. The molecule has 0 aliphatic carbocycles. The maximum atomic E-state index is 12.1. The summed E-state index contributed by atoms with van der Waals surface area (Å²) >= 11 is 0. The maximum absolute atomic E-state index is 12.1. The molecular formula is C19H19N5O2. The second kappa shape index (κ2) is 7.98. The number of nitrogens with zero attached hydrogens (tertiary/aromatic N) is 2. The Kier molecular flexibility index (Phi) is 5.28. The van der Waals surface area contributed by atoms with Crippen LogP contribution >= 0.6 is 0 Å². The minimum atomic E-state index is -0.304. The molecule has 0 saturated carbocycles. The van der Waals surface area contributed by atoms with Gasteiger partial charge in [0.25, 0.3) is 5.91 Å². The van der Waals surface area contributed by atoms with Gasteiger partial charge in [-0.15, -0.1) is 0 Å². The number of nitrogen functional groups attached to an aromatic ring is 1. The summed E-state index contributed by atoms with van der Waals surface area (Å²) in [6.45, 7) is 2.08. The summed E-state index contributed by atoms with van der Waals surface area (Å²) in [5, 5.41) is 0. The normalized spacial score (nSPS) is 10.2. The van der Waals surface area contributed by atoms with Gasteiger partial charge in [0.15, 0.2) is 5.82 Å². The summed E-state index contributed by atoms with van der Waals surface area (Å²) in [6, 6.07) is 16.5. The first-order valence-electron chi connectivity index (χ1n) is 8.16. The number of nitrogens with two attached hydrogens (primary N) is 1. The number of carbonyl (C=O) groups excluding carboxylic acids is 1. The van der Waals surface area contributed by atoms with Gasteiger partial charge in [0.2, 0.25) is 5.88 Å². The lowest BCUT2D eigenvalue weighted by atomic mass is 10.2. The first kappa shape index (κ1) is 17.2. The van der Waals surface area contributed by atoms with Crippen molar-refractivity contribution in [1.82, 2.24) is 15.4 Å². The minimum absolute atomic E-state index is 0.195. The number of amides is 1. The van der Waals surface area contributed by atoms with Gasteiger partial charge < -0.3 is 10.5 Å².